The van der Waals surface area contributed by atoms with Crippen LogP contribution in [0.4, 0.5) is 10.1 Å². The molecule has 0 radical (unpaired) electrons. The van der Waals surface area contributed by atoms with Gasteiger partial charge in [-0.05, 0) is 42.8 Å². The van der Waals surface area contributed by atoms with Crippen LogP contribution in [0.15, 0.2) is 71.8 Å². The number of amides is 1. The number of methoxy groups -OCH3 is 1. The molecule has 5 rings (SSSR count). The average Bonchev–Trinajstić information content (AvgIpc) is 3.44. The first-order valence-electron chi connectivity index (χ1n) is 11.2. The molecule has 9 heteroatoms. The Bertz CT molecular complexity index is 1480. The maximum absolute atomic E-state index is 15.3. The van der Waals surface area contributed by atoms with Gasteiger partial charge in [0.05, 0.1) is 30.9 Å². The van der Waals surface area contributed by atoms with E-state index in [1.807, 2.05) is 44.2 Å². The van der Waals surface area contributed by atoms with Crippen LogP contribution >= 0.6 is 0 Å². The van der Waals surface area contributed by atoms with Gasteiger partial charge in [-0.15, -0.1) is 0 Å². The summed E-state index contributed by atoms with van der Waals surface area (Å²) in [6.45, 7) is 4.30. The van der Waals surface area contributed by atoms with E-state index in [1.54, 1.807) is 34.0 Å². The standard InChI is InChI=1S/C26H24FN5O3/c1-26(2)12-14-30(25(26)34)18-9-10-20(19(27)15-18)31-16-22(35-3)24(33)23(29-31)21-11-13-28-32(21)17-7-5-4-6-8-17/h4-11,13,15-16H,12,14H2,1-3H3. The molecule has 8 nitrogen and oxygen atoms in total. The second kappa shape index (κ2) is 8.50. The minimum atomic E-state index is -0.583. The van der Waals surface area contributed by atoms with Crippen LogP contribution in [-0.2, 0) is 4.79 Å². The summed E-state index contributed by atoms with van der Waals surface area (Å²) in [6, 6.07) is 15.5. The summed E-state index contributed by atoms with van der Waals surface area (Å²) in [5.41, 5.74) is 0.933. The minimum absolute atomic E-state index is 0.00996. The van der Waals surface area contributed by atoms with Crippen molar-refractivity contribution < 1.29 is 13.9 Å². The summed E-state index contributed by atoms with van der Waals surface area (Å²) in [5, 5.41) is 8.78. The Morgan fingerprint density at radius 3 is 2.46 bits per heavy atom. The van der Waals surface area contributed by atoms with Crippen molar-refractivity contribution >= 4 is 11.6 Å². The zero-order chi connectivity index (χ0) is 24.7. The molecule has 0 atom stereocenters. The van der Waals surface area contributed by atoms with Gasteiger partial charge in [0.15, 0.2) is 17.3 Å². The molecule has 1 aliphatic heterocycles. The molecule has 1 aliphatic rings. The summed E-state index contributed by atoms with van der Waals surface area (Å²) in [6.07, 6.45) is 3.61. The maximum Gasteiger partial charge on any atom is 0.251 e. The first-order valence-corrected chi connectivity index (χ1v) is 11.2. The first-order chi connectivity index (χ1) is 16.8. The molecule has 2 aromatic heterocycles. The molecule has 0 saturated carbocycles. The van der Waals surface area contributed by atoms with Crippen molar-refractivity contribution in [3.05, 3.63) is 83.0 Å². The first kappa shape index (κ1) is 22.5. The average molecular weight is 474 g/mol. The number of hydrogen-bond acceptors (Lipinski definition) is 5. The Labute approximate surface area is 201 Å². The van der Waals surface area contributed by atoms with Crippen LogP contribution < -0.4 is 15.1 Å². The fourth-order valence-electron chi connectivity index (χ4n) is 4.22. The third kappa shape index (κ3) is 3.88. The highest BCUT2D eigenvalue weighted by Crippen LogP contribution is 2.35. The van der Waals surface area contributed by atoms with Crippen molar-refractivity contribution in [1.29, 1.82) is 0 Å². The Hall–Kier alpha value is -4.27. The van der Waals surface area contributed by atoms with Gasteiger partial charge in [-0.3, -0.25) is 9.59 Å². The van der Waals surface area contributed by atoms with E-state index in [0.717, 1.165) is 5.69 Å². The molecule has 1 saturated heterocycles. The molecular weight excluding hydrogens is 449 g/mol. The van der Waals surface area contributed by atoms with Crippen LogP contribution in [-0.4, -0.2) is 39.1 Å². The number of hydrogen-bond donors (Lipinski definition) is 0. The Morgan fingerprint density at radius 1 is 1.03 bits per heavy atom. The van der Waals surface area contributed by atoms with Crippen molar-refractivity contribution in [1.82, 2.24) is 19.6 Å². The van der Waals surface area contributed by atoms with Crippen LogP contribution in [0, 0.1) is 11.2 Å². The zero-order valence-electron chi connectivity index (χ0n) is 19.6. The smallest absolute Gasteiger partial charge is 0.251 e. The third-order valence-electron chi connectivity index (χ3n) is 6.27. The lowest BCUT2D eigenvalue weighted by atomic mass is 9.92. The van der Waals surface area contributed by atoms with Crippen molar-refractivity contribution in [2.45, 2.75) is 20.3 Å². The molecule has 178 valence electrons. The highest BCUT2D eigenvalue weighted by atomic mass is 19.1. The molecule has 0 N–H and O–H groups in total. The number of carbonyl (C=O) groups is 1. The third-order valence-corrected chi connectivity index (χ3v) is 6.27. The predicted octanol–water partition coefficient (Wildman–Crippen LogP) is 4.00. The fourth-order valence-corrected chi connectivity index (χ4v) is 4.22. The molecule has 4 aromatic rings. The molecule has 3 heterocycles. The van der Waals surface area contributed by atoms with Crippen molar-refractivity contribution in [2.24, 2.45) is 5.41 Å². The molecule has 0 spiro atoms. The van der Waals surface area contributed by atoms with Crippen LogP contribution in [0.5, 0.6) is 5.75 Å². The second-order valence-electron chi connectivity index (χ2n) is 9.01. The lowest BCUT2D eigenvalue weighted by molar-refractivity contribution is -0.123. The number of anilines is 1. The van der Waals surface area contributed by atoms with Gasteiger partial charge in [-0.1, -0.05) is 32.0 Å². The minimum Gasteiger partial charge on any atom is -0.491 e. The van der Waals surface area contributed by atoms with Gasteiger partial charge in [-0.25, -0.2) is 13.8 Å². The number of halogens is 1. The number of nitrogens with zero attached hydrogens (tertiary/aromatic N) is 5. The summed E-state index contributed by atoms with van der Waals surface area (Å²) in [7, 11) is 1.37. The number of carbonyl (C=O) groups excluding carboxylic acids is 1. The highest BCUT2D eigenvalue weighted by Gasteiger charge is 2.39. The highest BCUT2D eigenvalue weighted by molar-refractivity contribution is 5.99. The maximum atomic E-state index is 15.3. The van der Waals surface area contributed by atoms with E-state index in [1.165, 1.54) is 24.1 Å². The van der Waals surface area contributed by atoms with Gasteiger partial charge < -0.3 is 9.64 Å². The SMILES string of the molecule is COc1cn(-c2ccc(N3CCC(C)(C)C3=O)cc2F)nc(-c2ccnn2-c2ccccc2)c1=O. The summed E-state index contributed by atoms with van der Waals surface area (Å²) in [5.74, 6) is -0.610. The largest absolute Gasteiger partial charge is 0.491 e. The van der Waals surface area contributed by atoms with Gasteiger partial charge in [0.25, 0.3) is 5.43 Å². The van der Waals surface area contributed by atoms with Crippen molar-refractivity contribution in [2.75, 3.05) is 18.6 Å². The molecule has 35 heavy (non-hydrogen) atoms. The van der Waals surface area contributed by atoms with Crippen LogP contribution in [0.1, 0.15) is 20.3 Å². The summed E-state index contributed by atoms with van der Waals surface area (Å²) in [4.78, 5) is 27.4. The molecular formula is C26H24FN5O3. The normalized spacial score (nSPS) is 15.0. The lowest BCUT2D eigenvalue weighted by Crippen LogP contribution is -2.30. The van der Waals surface area contributed by atoms with E-state index < -0.39 is 16.7 Å². The second-order valence-corrected chi connectivity index (χ2v) is 9.01. The van der Waals surface area contributed by atoms with E-state index in [0.29, 0.717) is 24.3 Å². The Balaban J connectivity index is 1.59. The van der Waals surface area contributed by atoms with E-state index in [-0.39, 0.29) is 23.0 Å². The lowest BCUT2D eigenvalue weighted by Gasteiger charge is -2.20. The molecule has 0 aliphatic carbocycles. The number of ether oxygens (including phenoxy) is 1. The topological polar surface area (TPSA) is 82.2 Å². The molecule has 0 unspecified atom stereocenters. The van der Waals surface area contributed by atoms with E-state index in [4.69, 9.17) is 4.74 Å². The van der Waals surface area contributed by atoms with Gasteiger partial charge in [0.2, 0.25) is 5.91 Å². The number of benzene rings is 2. The van der Waals surface area contributed by atoms with Crippen molar-refractivity contribution in [3.8, 4) is 28.5 Å². The zero-order valence-corrected chi connectivity index (χ0v) is 19.6. The van der Waals surface area contributed by atoms with Gasteiger partial charge in [0, 0.05) is 17.6 Å². The van der Waals surface area contributed by atoms with E-state index in [9.17, 15) is 9.59 Å². The molecule has 2 aromatic carbocycles. The molecule has 1 fully saturated rings. The van der Waals surface area contributed by atoms with Gasteiger partial charge in [-0.2, -0.15) is 10.2 Å². The number of rotatable bonds is 5. The van der Waals surface area contributed by atoms with Crippen molar-refractivity contribution in [3.63, 3.8) is 0 Å². The van der Waals surface area contributed by atoms with E-state index in [2.05, 4.69) is 10.2 Å². The predicted molar refractivity (Wildman–Crippen MR) is 130 cm³/mol. The summed E-state index contributed by atoms with van der Waals surface area (Å²) < 4.78 is 23.5. The quantitative estimate of drug-likeness (QED) is 0.438. The molecule has 0 bridgehead atoms. The van der Waals surface area contributed by atoms with Crippen LogP contribution in [0.3, 0.4) is 0 Å². The summed E-state index contributed by atoms with van der Waals surface area (Å²) >= 11 is 0. The van der Waals surface area contributed by atoms with Gasteiger partial charge in [0.1, 0.15) is 5.69 Å². The Kier molecular flexibility index (Phi) is 5.47. The van der Waals surface area contributed by atoms with Gasteiger partial charge >= 0.3 is 0 Å². The fraction of sp³-hybridized carbons (Fsp3) is 0.231. The number of aromatic nitrogens is 4. The number of para-hydroxylation sites is 1. The van der Waals surface area contributed by atoms with Crippen LogP contribution in [0.2, 0.25) is 0 Å². The van der Waals surface area contributed by atoms with E-state index >= 15 is 4.39 Å². The Morgan fingerprint density at radius 2 is 1.80 bits per heavy atom. The monoisotopic (exact) mass is 473 g/mol. The van der Waals surface area contributed by atoms with Crippen LogP contribution in [0.25, 0.3) is 22.8 Å². The molecule has 1 amide bonds.